The fourth-order valence-corrected chi connectivity index (χ4v) is 3.58. The van der Waals surface area contributed by atoms with Gasteiger partial charge in [0.1, 0.15) is 5.82 Å². The molecule has 2 aromatic rings. The van der Waals surface area contributed by atoms with Gasteiger partial charge in [0.25, 0.3) is 0 Å². The van der Waals surface area contributed by atoms with Gasteiger partial charge in [0.2, 0.25) is 0 Å². The van der Waals surface area contributed by atoms with Crippen LogP contribution in [0.2, 0.25) is 0 Å². The number of phenols is 2. The zero-order valence-electron chi connectivity index (χ0n) is 18.9. The highest BCUT2D eigenvalue weighted by atomic mass is 16.3. The molecule has 172 valence electrons. The number of aromatic amines is 1. The molecule has 0 bridgehead atoms. The number of aliphatic hydroxyl groups excluding tert-OH is 1. The van der Waals surface area contributed by atoms with Crippen molar-refractivity contribution in [3.05, 3.63) is 36.2 Å². The van der Waals surface area contributed by atoms with E-state index in [1.54, 1.807) is 6.07 Å². The number of phenolic OH excluding ortho intramolecular Hbond substituents is 2. The Labute approximate surface area is 186 Å². The molecule has 0 saturated carbocycles. The minimum Gasteiger partial charge on any atom is -0.504 e. The first-order chi connectivity index (χ1) is 15.1. The smallest absolute Gasteiger partial charge is 0.181 e. The van der Waals surface area contributed by atoms with Crippen LogP contribution in [0.3, 0.4) is 0 Å². The fourth-order valence-electron chi connectivity index (χ4n) is 3.58. The summed E-state index contributed by atoms with van der Waals surface area (Å²) in [7, 11) is 0. The van der Waals surface area contributed by atoms with Crippen LogP contribution in [0.15, 0.2) is 30.4 Å². The summed E-state index contributed by atoms with van der Waals surface area (Å²) >= 11 is 0. The SMILES string of the molecule is CCCCC/C=C\CCC(O)CCCCCCCc1nc(-c2ccc(O)c(O)c2)n[nH]1. The average Bonchev–Trinajstić information content (AvgIpc) is 3.23. The second-order valence-corrected chi connectivity index (χ2v) is 8.31. The molecular formula is C25H39N3O3. The molecule has 1 atom stereocenters. The maximum absolute atomic E-state index is 10.1. The molecule has 0 saturated heterocycles. The number of aromatic hydroxyl groups is 2. The third-order valence-corrected chi connectivity index (χ3v) is 5.52. The van der Waals surface area contributed by atoms with E-state index < -0.39 is 0 Å². The van der Waals surface area contributed by atoms with Gasteiger partial charge < -0.3 is 15.3 Å². The lowest BCUT2D eigenvalue weighted by Gasteiger charge is -2.08. The van der Waals surface area contributed by atoms with E-state index in [1.165, 1.54) is 37.8 Å². The molecule has 0 aliphatic rings. The van der Waals surface area contributed by atoms with Crippen molar-refractivity contribution in [2.75, 3.05) is 0 Å². The molecule has 1 heterocycles. The first-order valence-electron chi connectivity index (χ1n) is 11.9. The van der Waals surface area contributed by atoms with Crippen molar-refractivity contribution in [1.82, 2.24) is 15.2 Å². The third-order valence-electron chi connectivity index (χ3n) is 5.52. The summed E-state index contributed by atoms with van der Waals surface area (Å²) in [6.07, 6.45) is 18.5. The number of nitrogens with zero attached hydrogens (tertiary/aromatic N) is 2. The fraction of sp³-hybridized carbons (Fsp3) is 0.600. The number of aryl methyl sites for hydroxylation is 1. The van der Waals surface area contributed by atoms with Crippen molar-refractivity contribution >= 4 is 0 Å². The van der Waals surface area contributed by atoms with Gasteiger partial charge in [-0.25, -0.2) is 4.98 Å². The van der Waals surface area contributed by atoms with Crippen LogP contribution in [0.25, 0.3) is 11.4 Å². The predicted octanol–water partition coefficient (Wildman–Crippen LogP) is 6.04. The molecule has 1 aromatic carbocycles. The lowest BCUT2D eigenvalue weighted by molar-refractivity contribution is 0.152. The minimum atomic E-state index is -0.174. The third kappa shape index (κ3) is 10.0. The number of allylic oxidation sites excluding steroid dienone is 2. The Kier molecular flexibility index (Phi) is 11.8. The average molecular weight is 430 g/mol. The van der Waals surface area contributed by atoms with Gasteiger partial charge in [0.15, 0.2) is 17.3 Å². The van der Waals surface area contributed by atoms with Gasteiger partial charge in [-0.3, -0.25) is 5.10 Å². The first kappa shape index (κ1) is 24.9. The Bertz CT molecular complexity index is 773. The summed E-state index contributed by atoms with van der Waals surface area (Å²) < 4.78 is 0. The van der Waals surface area contributed by atoms with Crippen LogP contribution >= 0.6 is 0 Å². The number of hydrogen-bond acceptors (Lipinski definition) is 5. The molecule has 0 spiro atoms. The van der Waals surface area contributed by atoms with E-state index in [0.29, 0.717) is 11.4 Å². The van der Waals surface area contributed by atoms with Gasteiger partial charge >= 0.3 is 0 Å². The van der Waals surface area contributed by atoms with Crippen molar-refractivity contribution < 1.29 is 15.3 Å². The van der Waals surface area contributed by atoms with E-state index in [4.69, 9.17) is 0 Å². The van der Waals surface area contributed by atoms with E-state index in [2.05, 4.69) is 34.3 Å². The van der Waals surface area contributed by atoms with Gasteiger partial charge in [-0.15, -0.1) is 0 Å². The van der Waals surface area contributed by atoms with E-state index in [1.807, 2.05) is 0 Å². The number of nitrogens with one attached hydrogen (secondary N) is 1. The van der Waals surface area contributed by atoms with Crippen LogP contribution < -0.4 is 0 Å². The van der Waals surface area contributed by atoms with Crippen molar-refractivity contribution in [2.45, 2.75) is 96.5 Å². The number of benzene rings is 1. The number of H-pyrrole nitrogens is 1. The molecule has 1 unspecified atom stereocenters. The standard InChI is InChI=1S/C25H39N3O3/c1-2-3-4-5-6-8-11-14-21(29)15-12-9-7-10-13-16-24-26-25(28-27-24)20-17-18-22(30)23(31)19-20/h6,8,17-19,21,29-31H,2-5,7,9-16H2,1H3,(H,26,27,28)/b8-6-. The Balaban J connectivity index is 1.50. The molecule has 0 aliphatic carbocycles. The van der Waals surface area contributed by atoms with Crippen molar-refractivity contribution in [1.29, 1.82) is 0 Å². The van der Waals surface area contributed by atoms with Crippen molar-refractivity contribution in [2.24, 2.45) is 0 Å². The van der Waals surface area contributed by atoms with E-state index in [0.717, 1.165) is 63.6 Å². The highest BCUT2D eigenvalue weighted by molar-refractivity contribution is 5.60. The number of hydrogen-bond donors (Lipinski definition) is 4. The Hall–Kier alpha value is -2.34. The zero-order valence-corrected chi connectivity index (χ0v) is 18.9. The molecule has 6 heteroatoms. The number of unbranched alkanes of at least 4 members (excludes halogenated alkanes) is 7. The van der Waals surface area contributed by atoms with Gasteiger partial charge in [-0.05, 0) is 56.7 Å². The van der Waals surface area contributed by atoms with E-state index >= 15 is 0 Å². The van der Waals surface area contributed by atoms with Crippen molar-refractivity contribution in [3.8, 4) is 22.9 Å². The Morgan fingerprint density at radius 1 is 0.903 bits per heavy atom. The summed E-state index contributed by atoms with van der Waals surface area (Å²) in [5.74, 6) is 1.03. The number of aliphatic hydroxyl groups is 1. The molecule has 0 radical (unpaired) electrons. The van der Waals surface area contributed by atoms with E-state index in [-0.39, 0.29) is 17.6 Å². The molecule has 1 aromatic heterocycles. The summed E-state index contributed by atoms with van der Waals surface area (Å²) in [4.78, 5) is 4.47. The van der Waals surface area contributed by atoms with Crippen LogP contribution in [-0.4, -0.2) is 36.6 Å². The quantitative estimate of drug-likeness (QED) is 0.148. The zero-order chi connectivity index (χ0) is 22.3. The molecule has 0 amide bonds. The number of aromatic nitrogens is 3. The van der Waals surface area contributed by atoms with Crippen LogP contribution in [-0.2, 0) is 6.42 Å². The molecule has 6 nitrogen and oxygen atoms in total. The maximum Gasteiger partial charge on any atom is 0.181 e. The second-order valence-electron chi connectivity index (χ2n) is 8.31. The predicted molar refractivity (Wildman–Crippen MR) is 125 cm³/mol. The molecule has 31 heavy (non-hydrogen) atoms. The first-order valence-corrected chi connectivity index (χ1v) is 11.9. The molecule has 0 fully saturated rings. The van der Waals surface area contributed by atoms with Crippen LogP contribution in [0.5, 0.6) is 11.5 Å². The van der Waals surface area contributed by atoms with Crippen LogP contribution in [0.1, 0.15) is 89.8 Å². The topological polar surface area (TPSA) is 102 Å². The van der Waals surface area contributed by atoms with Gasteiger partial charge in [-0.1, -0.05) is 57.6 Å². The highest BCUT2D eigenvalue weighted by Crippen LogP contribution is 2.28. The normalized spacial score (nSPS) is 12.6. The highest BCUT2D eigenvalue weighted by Gasteiger charge is 2.09. The van der Waals surface area contributed by atoms with Crippen LogP contribution in [0.4, 0.5) is 0 Å². The van der Waals surface area contributed by atoms with Gasteiger partial charge in [0, 0.05) is 12.0 Å². The summed E-state index contributed by atoms with van der Waals surface area (Å²) in [5.41, 5.74) is 0.670. The van der Waals surface area contributed by atoms with Crippen molar-refractivity contribution in [3.63, 3.8) is 0 Å². The summed E-state index contributed by atoms with van der Waals surface area (Å²) in [6.45, 7) is 2.22. The number of rotatable bonds is 16. The van der Waals surface area contributed by atoms with Crippen LogP contribution in [0, 0.1) is 0 Å². The maximum atomic E-state index is 10.1. The van der Waals surface area contributed by atoms with Gasteiger partial charge in [0.05, 0.1) is 6.10 Å². The monoisotopic (exact) mass is 429 g/mol. The minimum absolute atomic E-state index is 0.151. The van der Waals surface area contributed by atoms with Gasteiger partial charge in [-0.2, -0.15) is 5.10 Å². The largest absolute Gasteiger partial charge is 0.504 e. The lowest BCUT2D eigenvalue weighted by Crippen LogP contribution is -2.05. The molecular weight excluding hydrogens is 390 g/mol. The van der Waals surface area contributed by atoms with E-state index in [9.17, 15) is 15.3 Å². The molecule has 2 rings (SSSR count). The summed E-state index contributed by atoms with van der Waals surface area (Å²) in [5, 5.41) is 36.2. The lowest BCUT2D eigenvalue weighted by atomic mass is 10.0. The molecule has 4 N–H and O–H groups in total. The summed E-state index contributed by atoms with van der Waals surface area (Å²) in [6, 6.07) is 4.57. The Morgan fingerprint density at radius 3 is 2.48 bits per heavy atom. The molecule has 0 aliphatic heterocycles. The Morgan fingerprint density at radius 2 is 1.68 bits per heavy atom. The second kappa shape index (κ2) is 14.6.